The number of benzene rings is 1. The van der Waals surface area contributed by atoms with Crippen LogP contribution in [0.3, 0.4) is 0 Å². The molecule has 1 atom stereocenters. The first-order valence-corrected chi connectivity index (χ1v) is 7.83. The van der Waals surface area contributed by atoms with Gasteiger partial charge in [0, 0.05) is 13.2 Å². The molecule has 0 spiro atoms. The molecule has 1 N–H and O–H groups in total. The van der Waals surface area contributed by atoms with Crippen molar-refractivity contribution in [3.05, 3.63) is 35.4 Å². The number of hydrogen-bond acceptors (Lipinski definition) is 2. The zero-order valence-electron chi connectivity index (χ0n) is 11.7. The third-order valence-corrected chi connectivity index (χ3v) is 4.25. The highest BCUT2D eigenvalue weighted by Crippen LogP contribution is 2.40. The molecule has 0 aromatic heterocycles. The fourth-order valence-electron chi connectivity index (χ4n) is 2.90. The van der Waals surface area contributed by atoms with E-state index in [1.54, 1.807) is 0 Å². The molecule has 2 heteroatoms. The summed E-state index contributed by atoms with van der Waals surface area (Å²) in [5, 5.41) is 3.56. The summed E-state index contributed by atoms with van der Waals surface area (Å²) in [5.41, 5.74) is 2.96. The van der Waals surface area contributed by atoms with Crippen molar-refractivity contribution in [2.45, 2.75) is 57.1 Å². The Hall–Kier alpha value is -0.860. The van der Waals surface area contributed by atoms with Gasteiger partial charge in [-0.25, -0.2) is 0 Å². The molecular formula is C17H25NO. The van der Waals surface area contributed by atoms with Crippen LogP contribution in [-0.4, -0.2) is 19.3 Å². The van der Waals surface area contributed by atoms with Gasteiger partial charge in [-0.2, -0.15) is 0 Å². The SMILES string of the molecule is c1cc(CNCCC2CCCCO2)cc(C2CC2)c1. The summed E-state index contributed by atoms with van der Waals surface area (Å²) in [5.74, 6) is 0.857. The molecule has 19 heavy (non-hydrogen) atoms. The van der Waals surface area contributed by atoms with Crippen molar-refractivity contribution in [2.75, 3.05) is 13.2 Å². The highest BCUT2D eigenvalue weighted by Gasteiger charge is 2.23. The van der Waals surface area contributed by atoms with E-state index in [2.05, 4.69) is 29.6 Å². The highest BCUT2D eigenvalue weighted by atomic mass is 16.5. The molecule has 1 aliphatic carbocycles. The lowest BCUT2D eigenvalue weighted by Crippen LogP contribution is -2.25. The topological polar surface area (TPSA) is 21.3 Å². The maximum Gasteiger partial charge on any atom is 0.0587 e. The van der Waals surface area contributed by atoms with E-state index in [4.69, 9.17) is 4.74 Å². The Labute approximate surface area is 116 Å². The summed E-state index contributed by atoms with van der Waals surface area (Å²) < 4.78 is 5.75. The van der Waals surface area contributed by atoms with Gasteiger partial charge < -0.3 is 10.1 Å². The molecule has 0 amide bonds. The zero-order chi connectivity index (χ0) is 12.9. The molecule has 1 saturated carbocycles. The van der Waals surface area contributed by atoms with Crippen molar-refractivity contribution >= 4 is 0 Å². The number of rotatable bonds is 6. The van der Waals surface area contributed by atoms with Crippen molar-refractivity contribution in [2.24, 2.45) is 0 Å². The Bertz CT molecular complexity index is 394. The van der Waals surface area contributed by atoms with E-state index < -0.39 is 0 Å². The van der Waals surface area contributed by atoms with Gasteiger partial charge in [-0.1, -0.05) is 24.3 Å². The van der Waals surface area contributed by atoms with Crippen LogP contribution in [0.2, 0.25) is 0 Å². The summed E-state index contributed by atoms with van der Waals surface area (Å²) >= 11 is 0. The summed E-state index contributed by atoms with van der Waals surface area (Å²) in [6.45, 7) is 3.03. The summed E-state index contributed by atoms with van der Waals surface area (Å²) in [6, 6.07) is 9.09. The fourth-order valence-corrected chi connectivity index (χ4v) is 2.90. The Morgan fingerprint density at radius 2 is 2.11 bits per heavy atom. The molecule has 3 rings (SSSR count). The average molecular weight is 259 g/mol. The van der Waals surface area contributed by atoms with Gasteiger partial charge in [-0.15, -0.1) is 0 Å². The normalized spacial score (nSPS) is 23.5. The molecule has 1 aliphatic heterocycles. The maximum atomic E-state index is 5.75. The van der Waals surface area contributed by atoms with E-state index >= 15 is 0 Å². The average Bonchev–Trinajstić information content (AvgIpc) is 3.30. The lowest BCUT2D eigenvalue weighted by Gasteiger charge is -2.22. The Morgan fingerprint density at radius 3 is 2.89 bits per heavy atom. The predicted molar refractivity (Wildman–Crippen MR) is 78.3 cm³/mol. The Balaban J connectivity index is 1.38. The molecular weight excluding hydrogens is 234 g/mol. The third kappa shape index (κ3) is 4.05. The highest BCUT2D eigenvalue weighted by molar-refractivity contribution is 5.29. The van der Waals surface area contributed by atoms with E-state index in [0.717, 1.165) is 32.0 Å². The molecule has 1 saturated heterocycles. The van der Waals surface area contributed by atoms with Crippen molar-refractivity contribution in [1.82, 2.24) is 5.32 Å². The van der Waals surface area contributed by atoms with Crippen LogP contribution in [0, 0.1) is 0 Å². The van der Waals surface area contributed by atoms with Gasteiger partial charge in [0.1, 0.15) is 0 Å². The van der Waals surface area contributed by atoms with Crippen LogP contribution in [0.4, 0.5) is 0 Å². The predicted octanol–water partition coefficient (Wildman–Crippen LogP) is 3.61. The van der Waals surface area contributed by atoms with Crippen LogP contribution < -0.4 is 5.32 Å². The van der Waals surface area contributed by atoms with E-state index in [0.29, 0.717) is 6.10 Å². The van der Waals surface area contributed by atoms with Gasteiger partial charge >= 0.3 is 0 Å². The molecule has 2 aliphatic rings. The Kier molecular flexibility index (Phi) is 4.52. The summed E-state index contributed by atoms with van der Waals surface area (Å²) in [6.07, 6.45) is 8.26. The van der Waals surface area contributed by atoms with Gasteiger partial charge in [-0.3, -0.25) is 0 Å². The number of nitrogens with one attached hydrogen (secondary N) is 1. The molecule has 2 nitrogen and oxygen atoms in total. The summed E-state index contributed by atoms with van der Waals surface area (Å²) in [7, 11) is 0. The quantitative estimate of drug-likeness (QED) is 0.788. The molecule has 0 radical (unpaired) electrons. The van der Waals surface area contributed by atoms with Gasteiger partial charge in [0.05, 0.1) is 6.10 Å². The van der Waals surface area contributed by atoms with Crippen molar-refractivity contribution < 1.29 is 4.74 Å². The van der Waals surface area contributed by atoms with Gasteiger partial charge in [0.25, 0.3) is 0 Å². The van der Waals surface area contributed by atoms with Crippen molar-refractivity contribution in [1.29, 1.82) is 0 Å². The van der Waals surface area contributed by atoms with E-state index in [1.165, 1.54) is 43.2 Å². The van der Waals surface area contributed by atoms with Gasteiger partial charge in [0.15, 0.2) is 0 Å². The first kappa shape index (κ1) is 13.1. The standard InChI is InChI=1S/C17H25NO/c1-2-11-19-17(6-1)9-10-18-13-14-4-3-5-16(12-14)15-7-8-15/h3-5,12,15,17-18H,1-2,6-11,13H2. The van der Waals surface area contributed by atoms with E-state index in [-0.39, 0.29) is 0 Å². The first-order valence-electron chi connectivity index (χ1n) is 7.83. The smallest absolute Gasteiger partial charge is 0.0587 e. The van der Waals surface area contributed by atoms with E-state index in [9.17, 15) is 0 Å². The first-order chi connectivity index (χ1) is 9.42. The van der Waals surface area contributed by atoms with Gasteiger partial charge in [-0.05, 0) is 62.1 Å². The second kappa shape index (κ2) is 6.53. The second-order valence-electron chi connectivity index (χ2n) is 5.97. The molecule has 1 heterocycles. The third-order valence-electron chi connectivity index (χ3n) is 4.25. The monoisotopic (exact) mass is 259 g/mol. The number of ether oxygens (including phenoxy) is 1. The minimum Gasteiger partial charge on any atom is -0.378 e. The molecule has 2 fully saturated rings. The van der Waals surface area contributed by atoms with Crippen LogP contribution in [-0.2, 0) is 11.3 Å². The van der Waals surface area contributed by atoms with E-state index in [1.807, 2.05) is 0 Å². The van der Waals surface area contributed by atoms with Crippen LogP contribution in [0.5, 0.6) is 0 Å². The number of hydrogen-bond donors (Lipinski definition) is 1. The van der Waals surface area contributed by atoms with Crippen LogP contribution in [0.1, 0.15) is 55.6 Å². The zero-order valence-corrected chi connectivity index (χ0v) is 11.7. The molecule has 1 unspecified atom stereocenters. The van der Waals surface area contributed by atoms with Crippen molar-refractivity contribution in [3.8, 4) is 0 Å². The van der Waals surface area contributed by atoms with Gasteiger partial charge in [0.2, 0.25) is 0 Å². The molecule has 104 valence electrons. The van der Waals surface area contributed by atoms with Crippen LogP contribution in [0.15, 0.2) is 24.3 Å². The minimum absolute atomic E-state index is 0.499. The van der Waals surface area contributed by atoms with Crippen LogP contribution in [0.25, 0.3) is 0 Å². The fraction of sp³-hybridized carbons (Fsp3) is 0.647. The Morgan fingerprint density at radius 1 is 1.16 bits per heavy atom. The minimum atomic E-state index is 0.499. The lowest BCUT2D eigenvalue weighted by atomic mass is 10.1. The molecule has 0 bridgehead atoms. The van der Waals surface area contributed by atoms with Crippen LogP contribution >= 0.6 is 0 Å². The van der Waals surface area contributed by atoms with Crippen molar-refractivity contribution in [3.63, 3.8) is 0 Å². The second-order valence-corrected chi connectivity index (χ2v) is 5.97. The maximum absolute atomic E-state index is 5.75. The summed E-state index contributed by atoms with van der Waals surface area (Å²) in [4.78, 5) is 0. The lowest BCUT2D eigenvalue weighted by molar-refractivity contribution is 0.0115. The molecule has 1 aromatic carbocycles. The largest absolute Gasteiger partial charge is 0.378 e. The molecule has 1 aromatic rings.